The average molecular weight is 693 g/mol. The lowest BCUT2D eigenvalue weighted by atomic mass is 9.82. The maximum atomic E-state index is 6.38. The number of hydrogen-bond acceptors (Lipinski definition) is 5. The van der Waals surface area contributed by atoms with Gasteiger partial charge in [0, 0.05) is 43.8 Å². The summed E-state index contributed by atoms with van der Waals surface area (Å²) in [7, 11) is 0. The molecule has 3 heterocycles. The molecule has 5 heteroatoms. The van der Waals surface area contributed by atoms with E-state index in [1.807, 2.05) is 36.4 Å². The lowest BCUT2D eigenvalue weighted by Crippen LogP contribution is -2.15. The highest BCUT2D eigenvalue weighted by atomic mass is 16.3. The fourth-order valence-electron chi connectivity index (χ4n) is 8.48. The molecule has 1 aliphatic rings. The number of hydrogen-bond donors (Lipinski definition) is 0. The summed E-state index contributed by atoms with van der Waals surface area (Å²) in [6.07, 6.45) is 0. The van der Waals surface area contributed by atoms with E-state index < -0.39 is 0 Å². The van der Waals surface area contributed by atoms with E-state index >= 15 is 0 Å². The fourth-order valence-corrected chi connectivity index (χ4v) is 8.48. The predicted octanol–water partition coefficient (Wildman–Crippen LogP) is 12.4. The summed E-state index contributed by atoms with van der Waals surface area (Å²) >= 11 is 0. The molecule has 0 bridgehead atoms. The molecule has 0 unspecified atom stereocenters. The van der Waals surface area contributed by atoms with E-state index in [1.54, 1.807) is 0 Å². The third-order valence-corrected chi connectivity index (χ3v) is 11.1. The van der Waals surface area contributed by atoms with Gasteiger partial charge in [0.15, 0.2) is 23.1 Å². The molecule has 10 aromatic rings. The van der Waals surface area contributed by atoms with E-state index in [-0.39, 0.29) is 5.41 Å². The van der Waals surface area contributed by atoms with Crippen molar-refractivity contribution in [3.05, 3.63) is 169 Å². The first kappa shape index (κ1) is 30.6. The summed E-state index contributed by atoms with van der Waals surface area (Å²) in [6.45, 7) is 4.60. The Hall–Kier alpha value is -6.98. The second kappa shape index (κ2) is 11.5. The van der Waals surface area contributed by atoms with E-state index in [1.165, 1.54) is 22.3 Å². The van der Waals surface area contributed by atoms with Gasteiger partial charge in [0.05, 0.1) is 5.69 Å². The highest BCUT2D eigenvalue weighted by molar-refractivity contribution is 6.18. The molecule has 0 spiro atoms. The quantitative estimate of drug-likeness (QED) is 0.184. The van der Waals surface area contributed by atoms with Crippen molar-refractivity contribution in [2.75, 3.05) is 0 Å². The van der Waals surface area contributed by atoms with Crippen molar-refractivity contribution in [1.82, 2.24) is 19.9 Å². The summed E-state index contributed by atoms with van der Waals surface area (Å²) in [5, 5.41) is 5.19. The minimum atomic E-state index is -0.143. The molecule has 0 amide bonds. The molecule has 0 atom stereocenters. The van der Waals surface area contributed by atoms with Gasteiger partial charge in [-0.1, -0.05) is 147 Å². The standard InChI is InChI=1S/C49H32N4O/c1-49(2)40-22-12-10-18-33(40)34-25-24-30(28-41(34)49)47-51-46(29-14-4-3-5-15-29)52-48(53-47)38-27-26-36(31-16-6-7-17-32(31)38)43-35-19-8-9-20-37(35)45-44(50-43)39-21-11-13-23-42(39)54-45/h3-28H,1-2H3. The SMILES string of the molecule is CC1(C)c2ccccc2-c2ccc(-c3nc(-c4ccccc4)nc(-c4ccc(-c5nc6c7ccccc7oc6c6ccccc56)c5ccccc45)n3)cc21. The van der Waals surface area contributed by atoms with E-state index in [4.69, 9.17) is 24.4 Å². The number of fused-ring (bicyclic) bond motifs is 9. The molecular formula is C49H32N4O. The van der Waals surface area contributed by atoms with Gasteiger partial charge in [-0.2, -0.15) is 0 Å². The molecule has 0 saturated carbocycles. The molecule has 3 aromatic heterocycles. The Kier molecular flexibility index (Phi) is 6.53. The van der Waals surface area contributed by atoms with Gasteiger partial charge in [-0.3, -0.25) is 0 Å². The van der Waals surface area contributed by atoms with E-state index in [0.717, 1.165) is 71.6 Å². The van der Waals surface area contributed by atoms with Crippen LogP contribution in [0.15, 0.2) is 162 Å². The topological polar surface area (TPSA) is 64.7 Å². The molecule has 5 nitrogen and oxygen atoms in total. The zero-order valence-electron chi connectivity index (χ0n) is 29.7. The summed E-state index contributed by atoms with van der Waals surface area (Å²) < 4.78 is 6.38. The Morgan fingerprint density at radius 2 is 0.981 bits per heavy atom. The number of benzene rings is 7. The summed E-state index contributed by atoms with van der Waals surface area (Å²) in [4.78, 5) is 20.8. The van der Waals surface area contributed by atoms with Crippen LogP contribution < -0.4 is 0 Å². The first-order chi connectivity index (χ1) is 26.5. The second-order valence-electron chi connectivity index (χ2n) is 14.6. The minimum Gasteiger partial charge on any atom is -0.454 e. The highest BCUT2D eigenvalue weighted by Crippen LogP contribution is 2.49. The Bertz CT molecular complexity index is 3140. The van der Waals surface area contributed by atoms with Gasteiger partial charge in [-0.25, -0.2) is 19.9 Å². The molecule has 0 N–H and O–H groups in total. The van der Waals surface area contributed by atoms with Crippen molar-refractivity contribution >= 4 is 43.6 Å². The van der Waals surface area contributed by atoms with Crippen molar-refractivity contribution in [1.29, 1.82) is 0 Å². The molecule has 0 fully saturated rings. The first-order valence-electron chi connectivity index (χ1n) is 18.3. The van der Waals surface area contributed by atoms with Crippen LogP contribution in [-0.4, -0.2) is 19.9 Å². The number of nitrogens with zero attached hydrogens (tertiary/aromatic N) is 4. The number of pyridine rings is 1. The van der Waals surface area contributed by atoms with Gasteiger partial charge in [-0.15, -0.1) is 0 Å². The van der Waals surface area contributed by atoms with Crippen LogP contribution in [0.5, 0.6) is 0 Å². The van der Waals surface area contributed by atoms with Crippen LogP contribution in [-0.2, 0) is 5.41 Å². The van der Waals surface area contributed by atoms with Crippen LogP contribution in [0.2, 0.25) is 0 Å². The molecule has 0 saturated heterocycles. The maximum absolute atomic E-state index is 6.38. The Balaban J connectivity index is 1.12. The monoisotopic (exact) mass is 692 g/mol. The van der Waals surface area contributed by atoms with Crippen molar-refractivity contribution in [2.45, 2.75) is 19.3 Å². The smallest absolute Gasteiger partial charge is 0.164 e. The fraction of sp³-hybridized carbons (Fsp3) is 0.0612. The van der Waals surface area contributed by atoms with Crippen LogP contribution >= 0.6 is 0 Å². The van der Waals surface area contributed by atoms with E-state index in [2.05, 4.69) is 135 Å². The van der Waals surface area contributed by atoms with E-state index in [9.17, 15) is 0 Å². The summed E-state index contributed by atoms with van der Waals surface area (Å²) in [5.41, 5.74) is 12.3. The summed E-state index contributed by atoms with van der Waals surface area (Å²) in [6, 6.07) is 54.8. The van der Waals surface area contributed by atoms with Gasteiger partial charge >= 0.3 is 0 Å². The van der Waals surface area contributed by atoms with Crippen molar-refractivity contribution < 1.29 is 4.42 Å². The first-order valence-corrected chi connectivity index (χ1v) is 18.3. The largest absolute Gasteiger partial charge is 0.454 e. The van der Waals surface area contributed by atoms with Gasteiger partial charge in [-0.05, 0) is 57.3 Å². The Labute approximate surface area is 311 Å². The molecule has 11 rings (SSSR count). The molecule has 0 aliphatic heterocycles. The highest BCUT2D eigenvalue weighted by Gasteiger charge is 2.35. The number of aromatic nitrogens is 4. The van der Waals surface area contributed by atoms with Crippen LogP contribution in [0.4, 0.5) is 0 Å². The Morgan fingerprint density at radius 3 is 1.80 bits per heavy atom. The molecule has 254 valence electrons. The van der Waals surface area contributed by atoms with Crippen molar-refractivity contribution in [3.63, 3.8) is 0 Å². The molecule has 0 radical (unpaired) electrons. The van der Waals surface area contributed by atoms with Crippen LogP contribution in [0.25, 0.3) is 100 Å². The minimum absolute atomic E-state index is 0.143. The summed E-state index contributed by atoms with van der Waals surface area (Å²) in [5.74, 6) is 1.90. The second-order valence-corrected chi connectivity index (χ2v) is 14.6. The molecule has 54 heavy (non-hydrogen) atoms. The van der Waals surface area contributed by atoms with Crippen LogP contribution in [0.1, 0.15) is 25.0 Å². The van der Waals surface area contributed by atoms with Crippen molar-refractivity contribution in [2.24, 2.45) is 0 Å². The maximum Gasteiger partial charge on any atom is 0.164 e. The lowest BCUT2D eigenvalue weighted by Gasteiger charge is -2.21. The number of furan rings is 1. The van der Waals surface area contributed by atoms with Gasteiger partial charge in [0.1, 0.15) is 11.1 Å². The predicted molar refractivity (Wildman–Crippen MR) is 219 cm³/mol. The third-order valence-electron chi connectivity index (χ3n) is 11.1. The van der Waals surface area contributed by atoms with Gasteiger partial charge in [0.2, 0.25) is 0 Å². The van der Waals surface area contributed by atoms with Crippen LogP contribution in [0, 0.1) is 0 Å². The molecule has 1 aliphatic carbocycles. The third kappa shape index (κ3) is 4.51. The van der Waals surface area contributed by atoms with E-state index in [0.29, 0.717) is 17.5 Å². The van der Waals surface area contributed by atoms with Gasteiger partial charge < -0.3 is 4.42 Å². The van der Waals surface area contributed by atoms with Gasteiger partial charge in [0.25, 0.3) is 0 Å². The Morgan fingerprint density at radius 1 is 0.407 bits per heavy atom. The van der Waals surface area contributed by atoms with Crippen LogP contribution in [0.3, 0.4) is 0 Å². The average Bonchev–Trinajstić information content (AvgIpc) is 3.72. The lowest BCUT2D eigenvalue weighted by molar-refractivity contribution is 0.660. The van der Waals surface area contributed by atoms with Crippen molar-refractivity contribution in [3.8, 4) is 56.5 Å². The number of rotatable bonds is 4. The molecular weight excluding hydrogens is 661 g/mol. The molecule has 7 aromatic carbocycles. The number of para-hydroxylation sites is 1. The zero-order valence-corrected chi connectivity index (χ0v) is 29.7. The normalized spacial score (nSPS) is 13.1. The zero-order chi connectivity index (χ0) is 36.0.